The fourth-order valence-corrected chi connectivity index (χ4v) is 4.93. The lowest BCUT2D eigenvalue weighted by molar-refractivity contribution is 0.0161. The van der Waals surface area contributed by atoms with Gasteiger partial charge in [0.05, 0.1) is 12.8 Å². The van der Waals surface area contributed by atoms with E-state index in [0.717, 1.165) is 35.9 Å². The van der Waals surface area contributed by atoms with E-state index in [1.165, 1.54) is 30.4 Å². The summed E-state index contributed by atoms with van der Waals surface area (Å²) in [5, 5.41) is 7.74. The molecule has 5 heteroatoms. The maximum absolute atomic E-state index is 5.62. The van der Waals surface area contributed by atoms with E-state index in [9.17, 15) is 0 Å². The SMILES string of the molecule is Cc1ccc(C)c(NC(=S)NC2C[C@@H]3CCC[C@@H](C2)N3Cc2ccco2)c1. The Labute approximate surface area is 167 Å². The topological polar surface area (TPSA) is 40.4 Å². The molecule has 0 spiro atoms. The zero-order valence-electron chi connectivity index (χ0n) is 16.2. The number of hydrogen-bond donors (Lipinski definition) is 2. The van der Waals surface area contributed by atoms with Gasteiger partial charge in [-0.2, -0.15) is 0 Å². The highest BCUT2D eigenvalue weighted by Crippen LogP contribution is 2.35. The molecule has 0 unspecified atom stereocenters. The van der Waals surface area contributed by atoms with Crippen molar-refractivity contribution in [3.63, 3.8) is 0 Å². The largest absolute Gasteiger partial charge is 0.468 e. The molecule has 4 nitrogen and oxygen atoms in total. The number of furan rings is 1. The Hall–Kier alpha value is -1.85. The molecule has 144 valence electrons. The van der Waals surface area contributed by atoms with Gasteiger partial charge in [-0.1, -0.05) is 18.6 Å². The number of aryl methyl sites for hydroxylation is 2. The summed E-state index contributed by atoms with van der Waals surface area (Å²) in [5.41, 5.74) is 3.56. The molecule has 0 saturated carbocycles. The van der Waals surface area contributed by atoms with Gasteiger partial charge in [0.25, 0.3) is 0 Å². The van der Waals surface area contributed by atoms with Crippen LogP contribution in [0.1, 0.15) is 49.0 Å². The first-order valence-electron chi connectivity index (χ1n) is 10.0. The molecule has 0 aliphatic carbocycles. The highest BCUT2D eigenvalue weighted by Gasteiger charge is 2.38. The predicted molar refractivity (Wildman–Crippen MR) is 114 cm³/mol. The van der Waals surface area contributed by atoms with E-state index in [2.05, 4.69) is 53.6 Å². The predicted octanol–water partition coefficient (Wildman–Crippen LogP) is 4.77. The van der Waals surface area contributed by atoms with Gasteiger partial charge in [0, 0.05) is 23.8 Å². The first kappa shape index (κ1) is 18.5. The van der Waals surface area contributed by atoms with E-state index in [-0.39, 0.29) is 0 Å². The molecule has 2 saturated heterocycles. The van der Waals surface area contributed by atoms with Gasteiger partial charge in [0.1, 0.15) is 5.76 Å². The van der Waals surface area contributed by atoms with Gasteiger partial charge in [-0.15, -0.1) is 0 Å². The monoisotopic (exact) mass is 383 g/mol. The smallest absolute Gasteiger partial charge is 0.171 e. The standard InChI is InChI=1S/C22H29N3OS/c1-15-8-9-16(2)21(11-15)24-22(27)23-17-12-18-5-3-6-19(13-17)25(18)14-20-7-4-10-26-20/h4,7-11,17-19H,3,5-6,12-14H2,1-2H3,(H2,23,24,27)/t18-,19-/m0/s1. The van der Waals surface area contributed by atoms with Gasteiger partial charge in [0.2, 0.25) is 0 Å². The summed E-state index contributed by atoms with van der Waals surface area (Å²) in [6, 6.07) is 12.2. The Morgan fingerprint density at radius 1 is 1.19 bits per heavy atom. The third kappa shape index (κ3) is 4.36. The second-order valence-electron chi connectivity index (χ2n) is 8.08. The average Bonchev–Trinajstić information content (AvgIpc) is 3.12. The van der Waals surface area contributed by atoms with Crippen molar-refractivity contribution in [3.05, 3.63) is 53.5 Å². The summed E-state index contributed by atoms with van der Waals surface area (Å²) in [6.07, 6.45) is 7.94. The molecule has 2 aromatic rings. The molecular formula is C22H29N3OS. The number of nitrogens with one attached hydrogen (secondary N) is 2. The van der Waals surface area contributed by atoms with E-state index in [1.54, 1.807) is 6.26 Å². The van der Waals surface area contributed by atoms with E-state index in [0.29, 0.717) is 18.1 Å². The van der Waals surface area contributed by atoms with Crippen molar-refractivity contribution in [2.45, 2.75) is 70.6 Å². The van der Waals surface area contributed by atoms with Gasteiger partial charge in [0.15, 0.2) is 5.11 Å². The summed E-state index contributed by atoms with van der Waals surface area (Å²) in [5.74, 6) is 1.07. The normalized spacial score (nSPS) is 25.2. The molecule has 2 aliphatic heterocycles. The third-order valence-corrected chi connectivity index (χ3v) is 6.24. The summed E-state index contributed by atoms with van der Waals surface area (Å²) >= 11 is 5.62. The molecule has 3 heterocycles. The number of fused-ring (bicyclic) bond motifs is 2. The molecule has 27 heavy (non-hydrogen) atoms. The maximum Gasteiger partial charge on any atom is 0.171 e. The van der Waals surface area contributed by atoms with Crippen molar-refractivity contribution in [2.24, 2.45) is 0 Å². The number of anilines is 1. The van der Waals surface area contributed by atoms with Gasteiger partial charge < -0.3 is 15.1 Å². The lowest BCUT2D eigenvalue weighted by Crippen LogP contribution is -2.56. The number of rotatable bonds is 4. The Balaban J connectivity index is 1.37. The molecular weight excluding hydrogens is 354 g/mol. The first-order chi connectivity index (χ1) is 13.1. The van der Waals surface area contributed by atoms with Crippen molar-refractivity contribution in [1.82, 2.24) is 10.2 Å². The zero-order chi connectivity index (χ0) is 18.8. The number of piperidine rings is 2. The fourth-order valence-electron chi connectivity index (χ4n) is 4.65. The molecule has 2 atom stereocenters. The summed E-state index contributed by atoms with van der Waals surface area (Å²) in [6.45, 7) is 5.15. The van der Waals surface area contributed by atoms with Crippen LogP contribution in [0.3, 0.4) is 0 Å². The van der Waals surface area contributed by atoms with E-state index >= 15 is 0 Å². The number of benzene rings is 1. The van der Waals surface area contributed by atoms with E-state index in [4.69, 9.17) is 16.6 Å². The minimum absolute atomic E-state index is 0.443. The minimum atomic E-state index is 0.443. The molecule has 0 amide bonds. The molecule has 2 N–H and O–H groups in total. The van der Waals surface area contributed by atoms with Gasteiger partial charge in [-0.05, 0) is 81.1 Å². The van der Waals surface area contributed by atoms with Crippen molar-refractivity contribution < 1.29 is 4.42 Å². The fraction of sp³-hybridized carbons (Fsp3) is 0.500. The summed E-state index contributed by atoms with van der Waals surface area (Å²) in [7, 11) is 0. The van der Waals surface area contributed by atoms with E-state index in [1.807, 2.05) is 6.07 Å². The van der Waals surface area contributed by atoms with Crippen LogP contribution in [0.25, 0.3) is 0 Å². The zero-order valence-corrected chi connectivity index (χ0v) is 17.0. The molecule has 1 aromatic carbocycles. The van der Waals surface area contributed by atoms with Crippen LogP contribution < -0.4 is 10.6 Å². The van der Waals surface area contributed by atoms with Crippen LogP contribution in [-0.2, 0) is 6.54 Å². The van der Waals surface area contributed by atoms with Crippen molar-refractivity contribution in [1.29, 1.82) is 0 Å². The van der Waals surface area contributed by atoms with Gasteiger partial charge >= 0.3 is 0 Å². The number of thiocarbonyl (C=S) groups is 1. The van der Waals surface area contributed by atoms with Crippen LogP contribution in [0.15, 0.2) is 41.0 Å². The van der Waals surface area contributed by atoms with Crippen LogP contribution in [0, 0.1) is 13.8 Å². The Kier molecular flexibility index (Phi) is 5.50. The third-order valence-electron chi connectivity index (χ3n) is 6.02. The van der Waals surface area contributed by atoms with E-state index < -0.39 is 0 Å². The highest BCUT2D eigenvalue weighted by atomic mass is 32.1. The summed E-state index contributed by atoms with van der Waals surface area (Å²) in [4.78, 5) is 2.65. The first-order valence-corrected chi connectivity index (χ1v) is 10.4. The van der Waals surface area contributed by atoms with Crippen LogP contribution in [0.5, 0.6) is 0 Å². The molecule has 4 rings (SSSR count). The second-order valence-corrected chi connectivity index (χ2v) is 8.48. The highest BCUT2D eigenvalue weighted by molar-refractivity contribution is 7.80. The molecule has 2 aliphatic rings. The van der Waals surface area contributed by atoms with Crippen molar-refractivity contribution >= 4 is 23.0 Å². The molecule has 1 aromatic heterocycles. The molecule has 2 bridgehead atoms. The minimum Gasteiger partial charge on any atom is -0.468 e. The molecule has 2 fully saturated rings. The lowest BCUT2D eigenvalue weighted by atomic mass is 9.81. The number of hydrogen-bond acceptors (Lipinski definition) is 3. The van der Waals surface area contributed by atoms with Crippen LogP contribution in [0.4, 0.5) is 5.69 Å². The quantitative estimate of drug-likeness (QED) is 0.745. The summed E-state index contributed by atoms with van der Waals surface area (Å²) < 4.78 is 5.59. The lowest BCUT2D eigenvalue weighted by Gasteiger charge is -2.48. The van der Waals surface area contributed by atoms with Gasteiger partial charge in [-0.3, -0.25) is 4.90 Å². The van der Waals surface area contributed by atoms with Crippen molar-refractivity contribution in [2.75, 3.05) is 5.32 Å². The Morgan fingerprint density at radius 3 is 2.67 bits per heavy atom. The van der Waals surface area contributed by atoms with Crippen LogP contribution in [0.2, 0.25) is 0 Å². The Morgan fingerprint density at radius 2 is 1.96 bits per heavy atom. The maximum atomic E-state index is 5.62. The van der Waals surface area contributed by atoms with Crippen LogP contribution in [-0.4, -0.2) is 28.1 Å². The Bertz CT molecular complexity index is 775. The molecule has 0 radical (unpaired) electrons. The second kappa shape index (κ2) is 8.03. The van der Waals surface area contributed by atoms with Gasteiger partial charge in [-0.25, -0.2) is 0 Å². The van der Waals surface area contributed by atoms with Crippen LogP contribution >= 0.6 is 12.2 Å². The van der Waals surface area contributed by atoms with Crippen molar-refractivity contribution in [3.8, 4) is 0 Å². The average molecular weight is 384 g/mol. The number of nitrogens with zero attached hydrogens (tertiary/aromatic N) is 1.